The zero-order chi connectivity index (χ0) is 13.1. The molecule has 0 aliphatic heterocycles. The van der Waals surface area contributed by atoms with Crippen LogP contribution in [0.1, 0.15) is 27.2 Å². The lowest BCUT2D eigenvalue weighted by atomic mass is 9.76. The Morgan fingerprint density at radius 3 is 2.59 bits per heavy atom. The van der Waals surface area contributed by atoms with Crippen LogP contribution in [0.25, 0.3) is 0 Å². The molecule has 0 saturated heterocycles. The van der Waals surface area contributed by atoms with Crippen LogP contribution in [-0.4, -0.2) is 17.0 Å². The lowest BCUT2D eigenvalue weighted by Crippen LogP contribution is -2.37. The number of thiophene rings is 1. The van der Waals surface area contributed by atoms with E-state index in [2.05, 4.69) is 5.32 Å². The number of carbonyl (C=O) groups excluding carboxylic acids is 1. The van der Waals surface area contributed by atoms with E-state index in [1.165, 1.54) is 11.3 Å². The van der Waals surface area contributed by atoms with Gasteiger partial charge in [0.1, 0.15) is 0 Å². The highest BCUT2D eigenvalue weighted by Gasteiger charge is 2.38. The Bertz CT molecular complexity index is 400. The summed E-state index contributed by atoms with van der Waals surface area (Å²) >= 11 is 1.48. The minimum atomic E-state index is -1.03. The standard InChI is InChI=1S/C12H17NO3S/c1-8(2)12(3,11(15)16)6-10(14)13-9-4-5-17-7-9/h4-5,7-8H,6H2,1-3H3,(H,13,14)(H,15,16). The summed E-state index contributed by atoms with van der Waals surface area (Å²) in [5.74, 6) is -1.30. The number of nitrogens with one attached hydrogen (secondary N) is 1. The van der Waals surface area contributed by atoms with Gasteiger partial charge >= 0.3 is 5.97 Å². The predicted molar refractivity (Wildman–Crippen MR) is 68.1 cm³/mol. The second kappa shape index (κ2) is 5.31. The van der Waals surface area contributed by atoms with Gasteiger partial charge in [-0.2, -0.15) is 11.3 Å². The third-order valence-corrected chi connectivity index (χ3v) is 3.78. The minimum absolute atomic E-state index is 0.0180. The van der Waals surface area contributed by atoms with Gasteiger partial charge in [-0.15, -0.1) is 0 Å². The first-order chi connectivity index (χ1) is 7.86. The number of carboxylic acid groups (broad SMARTS) is 1. The molecule has 0 aromatic carbocycles. The van der Waals surface area contributed by atoms with Crippen LogP contribution >= 0.6 is 11.3 Å². The summed E-state index contributed by atoms with van der Waals surface area (Å²) in [4.78, 5) is 23.0. The van der Waals surface area contributed by atoms with Gasteiger partial charge < -0.3 is 10.4 Å². The van der Waals surface area contributed by atoms with Crippen LogP contribution in [0.15, 0.2) is 16.8 Å². The molecular formula is C12H17NO3S. The summed E-state index contributed by atoms with van der Waals surface area (Å²) in [5.41, 5.74) is -0.309. The highest BCUT2D eigenvalue weighted by molar-refractivity contribution is 7.08. The summed E-state index contributed by atoms with van der Waals surface area (Å²) in [5, 5.41) is 15.6. The molecule has 0 aliphatic carbocycles. The molecule has 1 aromatic heterocycles. The van der Waals surface area contributed by atoms with Crippen molar-refractivity contribution in [1.29, 1.82) is 0 Å². The predicted octanol–water partition coefficient (Wildman–Crippen LogP) is 2.82. The maximum Gasteiger partial charge on any atom is 0.310 e. The number of hydrogen-bond acceptors (Lipinski definition) is 3. The van der Waals surface area contributed by atoms with Gasteiger partial charge in [-0.05, 0) is 24.3 Å². The Kier molecular flexibility index (Phi) is 4.28. The lowest BCUT2D eigenvalue weighted by Gasteiger charge is -2.28. The summed E-state index contributed by atoms with van der Waals surface area (Å²) in [6, 6.07) is 1.79. The van der Waals surface area contributed by atoms with Crippen molar-refractivity contribution in [1.82, 2.24) is 0 Å². The molecule has 17 heavy (non-hydrogen) atoms. The number of anilines is 1. The van der Waals surface area contributed by atoms with E-state index >= 15 is 0 Å². The van der Waals surface area contributed by atoms with Crippen molar-refractivity contribution in [2.24, 2.45) is 11.3 Å². The maximum absolute atomic E-state index is 11.8. The van der Waals surface area contributed by atoms with Crippen LogP contribution in [-0.2, 0) is 9.59 Å². The molecule has 5 heteroatoms. The number of rotatable bonds is 5. The van der Waals surface area contributed by atoms with E-state index < -0.39 is 11.4 Å². The quantitative estimate of drug-likeness (QED) is 0.850. The van der Waals surface area contributed by atoms with Gasteiger partial charge in [-0.25, -0.2) is 0 Å². The number of amides is 1. The SMILES string of the molecule is CC(C)C(C)(CC(=O)Nc1ccsc1)C(=O)O. The fraction of sp³-hybridized carbons (Fsp3) is 0.500. The van der Waals surface area contributed by atoms with Gasteiger partial charge in [0.25, 0.3) is 0 Å². The smallest absolute Gasteiger partial charge is 0.310 e. The molecule has 0 aliphatic rings. The van der Waals surface area contributed by atoms with Crippen molar-refractivity contribution < 1.29 is 14.7 Å². The first-order valence-corrected chi connectivity index (χ1v) is 6.36. The molecular weight excluding hydrogens is 238 g/mol. The molecule has 2 N–H and O–H groups in total. The third-order valence-electron chi connectivity index (χ3n) is 3.10. The molecule has 0 spiro atoms. The van der Waals surface area contributed by atoms with Crippen molar-refractivity contribution in [3.63, 3.8) is 0 Å². The average molecular weight is 255 g/mol. The van der Waals surface area contributed by atoms with E-state index in [9.17, 15) is 14.7 Å². The molecule has 94 valence electrons. The zero-order valence-corrected chi connectivity index (χ0v) is 11.0. The van der Waals surface area contributed by atoms with Crippen molar-refractivity contribution in [2.75, 3.05) is 5.32 Å². The monoisotopic (exact) mass is 255 g/mol. The molecule has 1 amide bonds. The van der Waals surface area contributed by atoms with Gasteiger partial charge in [0.05, 0.1) is 11.1 Å². The first-order valence-electron chi connectivity index (χ1n) is 5.41. The Morgan fingerprint density at radius 1 is 1.53 bits per heavy atom. The third kappa shape index (κ3) is 3.30. The van der Waals surface area contributed by atoms with Gasteiger partial charge in [0.2, 0.25) is 5.91 Å². The Morgan fingerprint density at radius 2 is 2.18 bits per heavy atom. The van der Waals surface area contributed by atoms with E-state index in [1.807, 2.05) is 24.6 Å². The molecule has 1 aromatic rings. The van der Waals surface area contributed by atoms with Gasteiger partial charge in [0, 0.05) is 11.8 Å². The van der Waals surface area contributed by atoms with Crippen LogP contribution < -0.4 is 5.32 Å². The number of aliphatic carboxylic acids is 1. The Hall–Kier alpha value is -1.36. The number of carboxylic acids is 1. The van der Waals surface area contributed by atoms with Gasteiger partial charge in [-0.3, -0.25) is 9.59 Å². The number of carbonyl (C=O) groups is 2. The van der Waals surface area contributed by atoms with Crippen molar-refractivity contribution in [3.8, 4) is 0 Å². The second-order valence-corrected chi connectivity index (χ2v) is 5.39. The topological polar surface area (TPSA) is 66.4 Å². The Labute approximate surface area is 105 Å². The van der Waals surface area contributed by atoms with Crippen LogP contribution in [0, 0.1) is 11.3 Å². The summed E-state index contributed by atoms with van der Waals surface area (Å²) in [6.45, 7) is 5.23. The van der Waals surface area contributed by atoms with Crippen LogP contribution in [0.5, 0.6) is 0 Å². The molecule has 1 unspecified atom stereocenters. The van der Waals surface area contributed by atoms with E-state index in [0.29, 0.717) is 0 Å². The molecule has 0 saturated carbocycles. The normalized spacial score (nSPS) is 14.4. The van der Waals surface area contributed by atoms with Crippen LogP contribution in [0.2, 0.25) is 0 Å². The highest BCUT2D eigenvalue weighted by Crippen LogP contribution is 2.31. The average Bonchev–Trinajstić information content (AvgIpc) is 2.69. The van der Waals surface area contributed by atoms with Crippen LogP contribution in [0.4, 0.5) is 5.69 Å². The van der Waals surface area contributed by atoms with Gasteiger partial charge in [-0.1, -0.05) is 13.8 Å². The van der Waals surface area contributed by atoms with Crippen LogP contribution in [0.3, 0.4) is 0 Å². The molecule has 0 radical (unpaired) electrons. The highest BCUT2D eigenvalue weighted by atomic mass is 32.1. The summed E-state index contributed by atoms with van der Waals surface area (Å²) < 4.78 is 0. The van der Waals surface area contributed by atoms with Gasteiger partial charge in [0.15, 0.2) is 0 Å². The van der Waals surface area contributed by atoms with E-state index in [1.54, 1.807) is 13.0 Å². The zero-order valence-electron chi connectivity index (χ0n) is 10.2. The molecule has 1 atom stereocenters. The van der Waals surface area contributed by atoms with E-state index in [0.717, 1.165) is 5.69 Å². The molecule has 4 nitrogen and oxygen atoms in total. The Balaban J connectivity index is 2.69. The van der Waals surface area contributed by atoms with E-state index in [4.69, 9.17) is 0 Å². The fourth-order valence-electron chi connectivity index (χ4n) is 1.40. The second-order valence-electron chi connectivity index (χ2n) is 4.61. The summed E-state index contributed by atoms with van der Waals surface area (Å²) in [7, 11) is 0. The lowest BCUT2D eigenvalue weighted by molar-refractivity contribution is -0.153. The molecule has 1 heterocycles. The molecule has 0 bridgehead atoms. The minimum Gasteiger partial charge on any atom is -0.481 e. The van der Waals surface area contributed by atoms with E-state index in [-0.39, 0.29) is 18.2 Å². The van der Waals surface area contributed by atoms with Crippen molar-refractivity contribution in [2.45, 2.75) is 27.2 Å². The first kappa shape index (κ1) is 13.7. The molecule has 1 rings (SSSR count). The summed E-state index contributed by atoms with van der Waals surface area (Å²) in [6.07, 6.45) is -0.0180. The van der Waals surface area contributed by atoms with Crippen molar-refractivity contribution >= 4 is 28.9 Å². The fourth-order valence-corrected chi connectivity index (χ4v) is 1.99. The largest absolute Gasteiger partial charge is 0.481 e. The number of hydrogen-bond donors (Lipinski definition) is 2. The maximum atomic E-state index is 11.8. The van der Waals surface area contributed by atoms with Crippen molar-refractivity contribution in [3.05, 3.63) is 16.8 Å². The molecule has 0 fully saturated rings.